The van der Waals surface area contributed by atoms with Gasteiger partial charge in [-0.15, -0.1) is 0 Å². The molecule has 1 atom stereocenters. The summed E-state index contributed by atoms with van der Waals surface area (Å²) in [5.74, 6) is -0.391. The Morgan fingerprint density at radius 1 is 1.50 bits per heavy atom. The molecule has 1 N–H and O–H groups in total. The van der Waals surface area contributed by atoms with Gasteiger partial charge in [0.1, 0.15) is 5.78 Å². The van der Waals surface area contributed by atoms with Crippen LogP contribution in [-0.2, 0) is 14.3 Å². The van der Waals surface area contributed by atoms with Crippen LogP contribution >= 0.6 is 0 Å². The second kappa shape index (κ2) is 5.71. The maximum Gasteiger partial charge on any atom is 0.307 e. The number of hydrogen-bond acceptors (Lipinski definition) is 4. The van der Waals surface area contributed by atoms with Crippen molar-refractivity contribution in [2.45, 2.75) is 26.3 Å². The molecule has 0 aromatic carbocycles. The Morgan fingerprint density at radius 2 is 2.08 bits per heavy atom. The molecule has 70 valence electrons. The number of ketones is 1. The van der Waals surface area contributed by atoms with Gasteiger partial charge in [-0.25, -0.2) is 0 Å². The zero-order valence-electron chi connectivity index (χ0n) is 7.72. The molecule has 0 bridgehead atoms. The molecule has 0 amide bonds. The van der Waals surface area contributed by atoms with E-state index in [2.05, 4.69) is 5.32 Å². The fourth-order valence-corrected chi connectivity index (χ4v) is 0.836. The number of carbonyl (C=O) groups is 2. The fourth-order valence-electron chi connectivity index (χ4n) is 0.836. The van der Waals surface area contributed by atoms with Crippen molar-refractivity contribution in [3.05, 3.63) is 0 Å². The van der Waals surface area contributed by atoms with Gasteiger partial charge in [0.2, 0.25) is 0 Å². The summed E-state index contributed by atoms with van der Waals surface area (Å²) in [4.78, 5) is 21.7. The molecule has 12 heavy (non-hydrogen) atoms. The van der Waals surface area contributed by atoms with E-state index in [1.165, 1.54) is 6.92 Å². The van der Waals surface area contributed by atoms with Gasteiger partial charge < -0.3 is 10.1 Å². The van der Waals surface area contributed by atoms with Crippen molar-refractivity contribution < 1.29 is 14.3 Å². The number of nitrogens with one attached hydrogen (secondary N) is 1. The van der Waals surface area contributed by atoms with Crippen molar-refractivity contribution in [1.82, 2.24) is 5.32 Å². The average Bonchev–Trinajstić information content (AvgIpc) is 2.00. The van der Waals surface area contributed by atoms with Crippen LogP contribution in [0.5, 0.6) is 0 Å². The van der Waals surface area contributed by atoms with Gasteiger partial charge in [0.25, 0.3) is 0 Å². The van der Waals surface area contributed by atoms with Gasteiger partial charge in [0, 0.05) is 0 Å². The lowest BCUT2D eigenvalue weighted by atomic mass is 10.1. The molecule has 0 saturated carbocycles. The Morgan fingerprint density at radius 3 is 2.42 bits per heavy atom. The first-order chi connectivity index (χ1) is 5.61. The second-order valence-electron chi connectivity index (χ2n) is 2.46. The van der Waals surface area contributed by atoms with Crippen LogP contribution in [0.25, 0.3) is 0 Å². The molecule has 0 aromatic heterocycles. The number of carbonyl (C=O) groups excluding carboxylic acids is 2. The van der Waals surface area contributed by atoms with Crippen LogP contribution in [0.15, 0.2) is 0 Å². The largest absolute Gasteiger partial charge is 0.466 e. The van der Waals surface area contributed by atoms with Gasteiger partial charge in [-0.05, 0) is 20.9 Å². The van der Waals surface area contributed by atoms with Gasteiger partial charge in [-0.3, -0.25) is 9.59 Å². The van der Waals surface area contributed by atoms with Crippen LogP contribution < -0.4 is 5.32 Å². The molecular weight excluding hydrogens is 158 g/mol. The monoisotopic (exact) mass is 173 g/mol. The highest BCUT2D eigenvalue weighted by Crippen LogP contribution is 1.95. The van der Waals surface area contributed by atoms with Crippen molar-refractivity contribution in [2.24, 2.45) is 0 Å². The van der Waals surface area contributed by atoms with E-state index < -0.39 is 6.04 Å². The van der Waals surface area contributed by atoms with Crippen LogP contribution in [0.2, 0.25) is 0 Å². The minimum atomic E-state index is -0.413. The summed E-state index contributed by atoms with van der Waals surface area (Å²) in [5.41, 5.74) is 0. The molecule has 0 spiro atoms. The predicted molar refractivity (Wildman–Crippen MR) is 44.8 cm³/mol. The minimum Gasteiger partial charge on any atom is -0.466 e. The third-order valence-electron chi connectivity index (χ3n) is 1.52. The summed E-state index contributed by atoms with van der Waals surface area (Å²) in [7, 11) is 1.64. The zero-order valence-corrected chi connectivity index (χ0v) is 7.72. The van der Waals surface area contributed by atoms with E-state index in [9.17, 15) is 9.59 Å². The number of hydrogen-bond donors (Lipinski definition) is 1. The van der Waals surface area contributed by atoms with Crippen molar-refractivity contribution >= 4 is 11.8 Å². The highest BCUT2D eigenvalue weighted by molar-refractivity contribution is 5.86. The number of likely N-dealkylation sites (N-methyl/N-ethyl adjacent to an activating group) is 1. The number of esters is 1. The van der Waals surface area contributed by atoms with Crippen LogP contribution in [0, 0.1) is 0 Å². The Labute approximate surface area is 72.3 Å². The van der Waals surface area contributed by atoms with E-state index in [1.807, 2.05) is 0 Å². The van der Waals surface area contributed by atoms with E-state index in [0.717, 1.165) is 0 Å². The molecule has 0 aliphatic heterocycles. The zero-order chi connectivity index (χ0) is 9.56. The molecule has 0 rings (SSSR count). The minimum absolute atomic E-state index is 0.0504. The summed E-state index contributed by atoms with van der Waals surface area (Å²) >= 11 is 0. The average molecular weight is 173 g/mol. The highest BCUT2D eigenvalue weighted by atomic mass is 16.5. The van der Waals surface area contributed by atoms with Gasteiger partial charge in [-0.2, -0.15) is 0 Å². The summed E-state index contributed by atoms with van der Waals surface area (Å²) < 4.78 is 4.69. The van der Waals surface area contributed by atoms with E-state index in [0.29, 0.717) is 6.61 Å². The van der Waals surface area contributed by atoms with Crippen molar-refractivity contribution in [3.8, 4) is 0 Å². The maximum atomic E-state index is 10.9. The SMILES string of the molecule is CCOC(=O)CC(NC)C(C)=O. The normalized spacial score (nSPS) is 12.2. The fraction of sp³-hybridized carbons (Fsp3) is 0.750. The molecule has 4 nitrogen and oxygen atoms in total. The second-order valence-corrected chi connectivity index (χ2v) is 2.46. The van der Waals surface area contributed by atoms with Crippen LogP contribution in [0.3, 0.4) is 0 Å². The maximum absolute atomic E-state index is 10.9. The summed E-state index contributed by atoms with van der Waals surface area (Å²) in [6, 6.07) is -0.413. The molecule has 1 unspecified atom stereocenters. The lowest BCUT2D eigenvalue weighted by Crippen LogP contribution is -2.35. The van der Waals surface area contributed by atoms with Crippen LogP contribution in [0.4, 0.5) is 0 Å². The standard InChI is InChI=1S/C8H15NO3/c1-4-12-8(11)5-7(9-3)6(2)10/h7,9H,4-5H2,1-3H3. The molecule has 0 fully saturated rings. The number of rotatable bonds is 5. The van der Waals surface area contributed by atoms with Crippen LogP contribution in [-0.4, -0.2) is 31.4 Å². The third-order valence-corrected chi connectivity index (χ3v) is 1.52. The predicted octanol–water partition coefficient (Wildman–Crippen LogP) is 0.117. The lowest BCUT2D eigenvalue weighted by Gasteiger charge is -2.10. The molecular formula is C8H15NO3. The number of Topliss-reactive ketones (excluding diaryl/α,β-unsaturated/α-hetero) is 1. The first kappa shape index (κ1) is 11.1. The van der Waals surface area contributed by atoms with Gasteiger partial charge in [0.05, 0.1) is 19.1 Å². The molecule has 0 aromatic rings. The Balaban J connectivity index is 3.85. The first-order valence-corrected chi connectivity index (χ1v) is 3.95. The van der Waals surface area contributed by atoms with Crippen molar-refractivity contribution in [1.29, 1.82) is 0 Å². The number of ether oxygens (including phenoxy) is 1. The lowest BCUT2D eigenvalue weighted by molar-refractivity contribution is -0.145. The molecule has 0 aliphatic rings. The van der Waals surface area contributed by atoms with Gasteiger partial charge in [-0.1, -0.05) is 0 Å². The molecule has 0 heterocycles. The van der Waals surface area contributed by atoms with Gasteiger partial charge >= 0.3 is 5.97 Å². The first-order valence-electron chi connectivity index (χ1n) is 3.95. The molecule has 0 aliphatic carbocycles. The van der Waals surface area contributed by atoms with Crippen molar-refractivity contribution in [3.63, 3.8) is 0 Å². The van der Waals surface area contributed by atoms with E-state index in [4.69, 9.17) is 4.74 Å². The van der Waals surface area contributed by atoms with Crippen LogP contribution in [0.1, 0.15) is 20.3 Å². The van der Waals surface area contributed by atoms with Gasteiger partial charge in [0.15, 0.2) is 0 Å². The molecule has 4 heteroatoms. The summed E-state index contributed by atoms with van der Waals surface area (Å²) in [6.07, 6.45) is 0.111. The topological polar surface area (TPSA) is 55.4 Å². The third kappa shape index (κ3) is 4.08. The van der Waals surface area contributed by atoms with Crippen molar-refractivity contribution in [2.75, 3.05) is 13.7 Å². The quantitative estimate of drug-likeness (QED) is 0.600. The highest BCUT2D eigenvalue weighted by Gasteiger charge is 2.16. The Kier molecular flexibility index (Phi) is 5.28. The molecule has 0 saturated heterocycles. The van der Waals surface area contributed by atoms with E-state index >= 15 is 0 Å². The van der Waals surface area contributed by atoms with E-state index in [1.54, 1.807) is 14.0 Å². The summed E-state index contributed by atoms with van der Waals surface area (Å²) in [6.45, 7) is 3.54. The summed E-state index contributed by atoms with van der Waals surface area (Å²) in [5, 5.41) is 2.74. The molecule has 0 radical (unpaired) electrons. The smallest absolute Gasteiger partial charge is 0.307 e. The van der Waals surface area contributed by atoms with E-state index in [-0.39, 0.29) is 18.2 Å². The Bertz CT molecular complexity index is 168. The Hall–Kier alpha value is -0.900.